The van der Waals surface area contributed by atoms with Crippen molar-refractivity contribution in [3.63, 3.8) is 0 Å². The standard InChI is InChI=1S/C8H9ClN2S/c9-8-7(10)4-3-6(11-8)2-1-5-12/h1-4,12H,5,10H2. The molecule has 0 aliphatic carbocycles. The van der Waals surface area contributed by atoms with E-state index in [4.69, 9.17) is 17.3 Å². The van der Waals surface area contributed by atoms with Gasteiger partial charge in [-0.25, -0.2) is 4.98 Å². The van der Waals surface area contributed by atoms with Crippen LogP contribution in [0.5, 0.6) is 0 Å². The Bertz CT molecular complexity index is 299. The molecule has 4 heteroatoms. The second kappa shape index (κ2) is 4.38. The first-order valence-corrected chi connectivity index (χ1v) is 4.44. The van der Waals surface area contributed by atoms with Crippen LogP contribution in [0.25, 0.3) is 6.08 Å². The Morgan fingerprint density at radius 1 is 1.58 bits per heavy atom. The van der Waals surface area contributed by atoms with E-state index in [9.17, 15) is 0 Å². The average Bonchev–Trinajstić information content (AvgIpc) is 2.07. The van der Waals surface area contributed by atoms with Gasteiger partial charge in [-0.15, -0.1) is 0 Å². The number of nitrogen functional groups attached to an aromatic ring is 1. The Balaban J connectivity index is 2.89. The van der Waals surface area contributed by atoms with E-state index in [0.29, 0.717) is 16.6 Å². The van der Waals surface area contributed by atoms with Crippen LogP contribution in [0.2, 0.25) is 5.15 Å². The van der Waals surface area contributed by atoms with Gasteiger partial charge in [0, 0.05) is 5.75 Å². The van der Waals surface area contributed by atoms with E-state index in [1.807, 2.05) is 12.2 Å². The second-order valence-corrected chi connectivity index (χ2v) is 2.92. The molecule has 0 bridgehead atoms. The third kappa shape index (κ3) is 2.43. The number of hydrogen-bond donors (Lipinski definition) is 2. The molecule has 0 fully saturated rings. The second-order valence-electron chi connectivity index (χ2n) is 2.20. The van der Waals surface area contributed by atoms with Gasteiger partial charge in [0.2, 0.25) is 0 Å². The van der Waals surface area contributed by atoms with E-state index >= 15 is 0 Å². The average molecular weight is 201 g/mol. The van der Waals surface area contributed by atoms with Crippen molar-refractivity contribution in [1.29, 1.82) is 0 Å². The number of aromatic nitrogens is 1. The number of nitrogens with zero attached hydrogens (tertiary/aromatic N) is 1. The Morgan fingerprint density at radius 2 is 2.33 bits per heavy atom. The van der Waals surface area contributed by atoms with Gasteiger partial charge in [0.15, 0.2) is 5.15 Å². The van der Waals surface area contributed by atoms with E-state index in [-0.39, 0.29) is 0 Å². The van der Waals surface area contributed by atoms with Gasteiger partial charge in [0.05, 0.1) is 11.4 Å². The SMILES string of the molecule is Nc1ccc(C=CCS)nc1Cl. The van der Waals surface area contributed by atoms with Gasteiger partial charge in [-0.05, 0) is 18.2 Å². The summed E-state index contributed by atoms with van der Waals surface area (Å²) >= 11 is 9.73. The van der Waals surface area contributed by atoms with Crippen molar-refractivity contribution < 1.29 is 0 Å². The highest BCUT2D eigenvalue weighted by Crippen LogP contribution is 2.15. The lowest BCUT2D eigenvalue weighted by Crippen LogP contribution is -1.90. The number of halogens is 1. The topological polar surface area (TPSA) is 38.9 Å². The fourth-order valence-corrected chi connectivity index (χ4v) is 0.991. The molecule has 2 nitrogen and oxygen atoms in total. The summed E-state index contributed by atoms with van der Waals surface area (Å²) < 4.78 is 0. The van der Waals surface area contributed by atoms with Crippen LogP contribution >= 0.6 is 24.2 Å². The van der Waals surface area contributed by atoms with Crippen LogP contribution in [-0.4, -0.2) is 10.7 Å². The summed E-state index contributed by atoms with van der Waals surface area (Å²) in [5, 5.41) is 0.344. The predicted octanol–water partition coefficient (Wildman–Crippen LogP) is 2.26. The van der Waals surface area contributed by atoms with Crippen molar-refractivity contribution in [2.24, 2.45) is 0 Å². The van der Waals surface area contributed by atoms with Gasteiger partial charge < -0.3 is 5.73 Å². The summed E-state index contributed by atoms with van der Waals surface area (Å²) in [4.78, 5) is 4.03. The van der Waals surface area contributed by atoms with Crippen molar-refractivity contribution >= 4 is 36.0 Å². The molecule has 2 N–H and O–H groups in total. The van der Waals surface area contributed by atoms with Crippen molar-refractivity contribution in [2.45, 2.75) is 0 Å². The van der Waals surface area contributed by atoms with Crippen LogP contribution < -0.4 is 5.73 Å². The fraction of sp³-hybridized carbons (Fsp3) is 0.125. The first-order chi connectivity index (χ1) is 5.74. The number of pyridine rings is 1. The van der Waals surface area contributed by atoms with Crippen molar-refractivity contribution in [1.82, 2.24) is 4.98 Å². The molecule has 0 aromatic carbocycles. The number of anilines is 1. The molecule has 0 saturated carbocycles. The van der Waals surface area contributed by atoms with Gasteiger partial charge in [-0.1, -0.05) is 17.7 Å². The van der Waals surface area contributed by atoms with Crippen LogP contribution in [0.15, 0.2) is 18.2 Å². The lowest BCUT2D eigenvalue weighted by molar-refractivity contribution is 1.30. The molecule has 1 aromatic rings. The Kier molecular flexibility index (Phi) is 3.44. The minimum Gasteiger partial charge on any atom is -0.396 e. The molecular weight excluding hydrogens is 192 g/mol. The van der Waals surface area contributed by atoms with Crippen LogP contribution in [0.1, 0.15) is 5.69 Å². The van der Waals surface area contributed by atoms with E-state index < -0.39 is 0 Å². The van der Waals surface area contributed by atoms with Crippen LogP contribution in [0, 0.1) is 0 Å². The maximum Gasteiger partial charge on any atom is 0.152 e. The molecule has 64 valence electrons. The first-order valence-electron chi connectivity index (χ1n) is 3.43. The third-order valence-electron chi connectivity index (χ3n) is 1.29. The van der Waals surface area contributed by atoms with E-state index in [1.54, 1.807) is 12.1 Å². The van der Waals surface area contributed by atoms with Crippen molar-refractivity contribution in [2.75, 3.05) is 11.5 Å². The van der Waals surface area contributed by atoms with Crippen LogP contribution in [0.3, 0.4) is 0 Å². The minimum absolute atomic E-state index is 0.344. The van der Waals surface area contributed by atoms with Gasteiger partial charge in [-0.3, -0.25) is 0 Å². The monoisotopic (exact) mass is 200 g/mol. The normalized spacial score (nSPS) is 10.8. The third-order valence-corrected chi connectivity index (χ3v) is 1.81. The molecule has 0 unspecified atom stereocenters. The highest BCUT2D eigenvalue weighted by atomic mass is 35.5. The van der Waals surface area contributed by atoms with Gasteiger partial charge in [-0.2, -0.15) is 12.6 Å². The largest absolute Gasteiger partial charge is 0.396 e. The minimum atomic E-state index is 0.344. The molecule has 1 aromatic heterocycles. The smallest absolute Gasteiger partial charge is 0.152 e. The van der Waals surface area contributed by atoms with Gasteiger partial charge in [0.25, 0.3) is 0 Å². The molecule has 0 spiro atoms. The number of rotatable bonds is 2. The highest BCUT2D eigenvalue weighted by molar-refractivity contribution is 7.80. The van der Waals surface area contributed by atoms with E-state index in [2.05, 4.69) is 17.6 Å². The molecule has 1 rings (SSSR count). The maximum atomic E-state index is 5.70. The summed E-state index contributed by atoms with van der Waals surface area (Å²) in [5.41, 5.74) is 6.78. The van der Waals surface area contributed by atoms with E-state index in [0.717, 1.165) is 5.69 Å². The molecule has 0 amide bonds. The Labute approximate surface area is 81.9 Å². The van der Waals surface area contributed by atoms with Gasteiger partial charge in [0.1, 0.15) is 0 Å². The first kappa shape index (κ1) is 9.42. The molecule has 1 heterocycles. The molecule has 0 aliphatic rings. The zero-order valence-corrected chi connectivity index (χ0v) is 8.02. The summed E-state index contributed by atoms with van der Waals surface area (Å²) in [6.07, 6.45) is 3.73. The predicted molar refractivity (Wildman–Crippen MR) is 56.5 cm³/mol. The molecule has 0 saturated heterocycles. The molecule has 12 heavy (non-hydrogen) atoms. The number of thiol groups is 1. The maximum absolute atomic E-state index is 5.70. The zero-order valence-electron chi connectivity index (χ0n) is 6.37. The molecular formula is C8H9ClN2S. The summed E-state index contributed by atoms with van der Waals surface area (Å²) in [6, 6.07) is 3.54. The lowest BCUT2D eigenvalue weighted by atomic mass is 10.3. The molecule has 0 aliphatic heterocycles. The zero-order chi connectivity index (χ0) is 8.97. The fourth-order valence-electron chi connectivity index (χ4n) is 0.725. The molecule has 0 radical (unpaired) electrons. The van der Waals surface area contributed by atoms with Crippen LogP contribution in [-0.2, 0) is 0 Å². The summed E-state index contributed by atoms with van der Waals surface area (Å²) in [5.74, 6) is 0.684. The summed E-state index contributed by atoms with van der Waals surface area (Å²) in [6.45, 7) is 0. The Morgan fingerprint density at radius 3 is 2.92 bits per heavy atom. The quantitative estimate of drug-likeness (QED) is 0.568. The van der Waals surface area contributed by atoms with Crippen molar-refractivity contribution in [3.8, 4) is 0 Å². The van der Waals surface area contributed by atoms with Crippen molar-refractivity contribution in [3.05, 3.63) is 29.1 Å². The summed E-state index contributed by atoms with van der Waals surface area (Å²) in [7, 11) is 0. The highest BCUT2D eigenvalue weighted by Gasteiger charge is 1.96. The Hall–Kier alpha value is -0.670. The number of hydrogen-bond acceptors (Lipinski definition) is 3. The lowest BCUT2D eigenvalue weighted by Gasteiger charge is -1.97. The molecule has 0 atom stereocenters. The number of nitrogens with two attached hydrogens (primary N) is 1. The van der Waals surface area contributed by atoms with Crippen LogP contribution in [0.4, 0.5) is 5.69 Å². The van der Waals surface area contributed by atoms with E-state index in [1.165, 1.54) is 0 Å². The van der Waals surface area contributed by atoms with Gasteiger partial charge >= 0.3 is 0 Å².